The Balaban J connectivity index is 2.24. The van der Waals surface area contributed by atoms with Gasteiger partial charge in [0.15, 0.2) is 0 Å². The molecule has 1 aliphatic rings. The lowest BCUT2D eigenvalue weighted by Gasteiger charge is -2.37. The van der Waals surface area contributed by atoms with Crippen molar-refractivity contribution in [3.63, 3.8) is 0 Å². The van der Waals surface area contributed by atoms with E-state index in [2.05, 4.69) is 23.7 Å². The highest BCUT2D eigenvalue weighted by atomic mass is 16.5. The van der Waals surface area contributed by atoms with Crippen molar-refractivity contribution in [2.24, 2.45) is 0 Å². The highest BCUT2D eigenvalue weighted by Gasteiger charge is 2.24. The molecule has 2 rings (SSSR count). The van der Waals surface area contributed by atoms with Crippen molar-refractivity contribution >= 4 is 17.3 Å². The molecule has 2 heterocycles. The SMILES string of the molecule is CC1CN(c2ccc(N)c(N)n2)C(C)CO1. The smallest absolute Gasteiger partial charge is 0.149 e. The second kappa shape index (κ2) is 4.17. The van der Waals surface area contributed by atoms with Crippen molar-refractivity contribution in [3.8, 4) is 0 Å². The number of anilines is 3. The Labute approximate surface area is 95.4 Å². The van der Waals surface area contributed by atoms with E-state index in [0.717, 1.165) is 12.4 Å². The topological polar surface area (TPSA) is 77.4 Å². The minimum atomic E-state index is 0.219. The molecule has 2 unspecified atom stereocenters. The molecule has 0 amide bonds. The molecule has 0 radical (unpaired) electrons. The van der Waals surface area contributed by atoms with E-state index in [4.69, 9.17) is 16.2 Å². The Hall–Kier alpha value is -1.49. The van der Waals surface area contributed by atoms with Crippen LogP contribution in [0.15, 0.2) is 12.1 Å². The molecule has 1 aromatic heterocycles. The number of rotatable bonds is 1. The maximum Gasteiger partial charge on any atom is 0.149 e. The number of ether oxygens (including phenoxy) is 1. The van der Waals surface area contributed by atoms with E-state index in [9.17, 15) is 0 Å². The highest BCUT2D eigenvalue weighted by Crippen LogP contribution is 2.23. The molecule has 5 nitrogen and oxygen atoms in total. The first-order valence-corrected chi connectivity index (χ1v) is 5.48. The van der Waals surface area contributed by atoms with E-state index in [-0.39, 0.29) is 6.10 Å². The molecular weight excluding hydrogens is 204 g/mol. The van der Waals surface area contributed by atoms with Crippen molar-refractivity contribution in [1.29, 1.82) is 0 Å². The van der Waals surface area contributed by atoms with Gasteiger partial charge in [0, 0.05) is 6.54 Å². The van der Waals surface area contributed by atoms with Crippen molar-refractivity contribution in [2.45, 2.75) is 26.0 Å². The standard InChI is InChI=1S/C11H18N4O/c1-7-6-16-8(2)5-15(7)10-4-3-9(12)11(13)14-10/h3-4,7-8H,5-6,12H2,1-2H3,(H2,13,14). The van der Waals surface area contributed by atoms with Crippen LogP contribution in [0.3, 0.4) is 0 Å². The minimum absolute atomic E-state index is 0.219. The van der Waals surface area contributed by atoms with Gasteiger partial charge in [-0.25, -0.2) is 4.98 Å². The molecule has 1 aromatic rings. The van der Waals surface area contributed by atoms with E-state index >= 15 is 0 Å². The zero-order chi connectivity index (χ0) is 11.7. The summed E-state index contributed by atoms with van der Waals surface area (Å²) in [4.78, 5) is 6.50. The third-order valence-electron chi connectivity index (χ3n) is 2.84. The number of hydrogen-bond donors (Lipinski definition) is 2. The fourth-order valence-electron chi connectivity index (χ4n) is 1.86. The second-order valence-corrected chi connectivity index (χ2v) is 4.29. The third kappa shape index (κ3) is 2.04. The Morgan fingerprint density at radius 1 is 1.38 bits per heavy atom. The Morgan fingerprint density at radius 2 is 2.12 bits per heavy atom. The van der Waals surface area contributed by atoms with Gasteiger partial charge >= 0.3 is 0 Å². The van der Waals surface area contributed by atoms with Crippen LogP contribution in [-0.2, 0) is 4.74 Å². The molecule has 16 heavy (non-hydrogen) atoms. The van der Waals surface area contributed by atoms with E-state index in [1.165, 1.54) is 0 Å². The van der Waals surface area contributed by atoms with Crippen LogP contribution in [0.5, 0.6) is 0 Å². The second-order valence-electron chi connectivity index (χ2n) is 4.29. The molecule has 2 atom stereocenters. The van der Waals surface area contributed by atoms with Crippen molar-refractivity contribution in [3.05, 3.63) is 12.1 Å². The van der Waals surface area contributed by atoms with Crippen molar-refractivity contribution in [1.82, 2.24) is 4.98 Å². The molecular formula is C11H18N4O. The van der Waals surface area contributed by atoms with Crippen LogP contribution in [0.25, 0.3) is 0 Å². The molecule has 1 aliphatic heterocycles. The van der Waals surface area contributed by atoms with Crippen LogP contribution < -0.4 is 16.4 Å². The average Bonchev–Trinajstić information content (AvgIpc) is 2.26. The lowest BCUT2D eigenvalue weighted by atomic mass is 10.2. The molecule has 5 heteroatoms. The summed E-state index contributed by atoms with van der Waals surface area (Å²) in [5, 5.41) is 0. The summed E-state index contributed by atoms with van der Waals surface area (Å²) < 4.78 is 5.57. The molecule has 0 bridgehead atoms. The maximum absolute atomic E-state index is 5.71. The van der Waals surface area contributed by atoms with Gasteiger partial charge in [-0.2, -0.15) is 0 Å². The first-order valence-electron chi connectivity index (χ1n) is 5.48. The lowest BCUT2D eigenvalue weighted by molar-refractivity contribution is 0.0340. The van der Waals surface area contributed by atoms with E-state index < -0.39 is 0 Å². The number of aromatic nitrogens is 1. The minimum Gasteiger partial charge on any atom is -0.396 e. The van der Waals surface area contributed by atoms with Crippen LogP contribution in [0.4, 0.5) is 17.3 Å². The maximum atomic E-state index is 5.71. The molecule has 4 N–H and O–H groups in total. The predicted molar refractivity (Wildman–Crippen MR) is 65.3 cm³/mol. The monoisotopic (exact) mass is 222 g/mol. The highest BCUT2D eigenvalue weighted by molar-refractivity contribution is 5.62. The predicted octanol–water partition coefficient (Wildman–Crippen LogP) is 0.860. The van der Waals surface area contributed by atoms with Gasteiger partial charge in [0.2, 0.25) is 0 Å². The van der Waals surface area contributed by atoms with Crippen LogP contribution in [0, 0.1) is 0 Å². The van der Waals surface area contributed by atoms with Gasteiger partial charge in [-0.1, -0.05) is 0 Å². The van der Waals surface area contributed by atoms with Gasteiger partial charge < -0.3 is 21.1 Å². The van der Waals surface area contributed by atoms with Crippen LogP contribution >= 0.6 is 0 Å². The van der Waals surface area contributed by atoms with Crippen molar-refractivity contribution in [2.75, 3.05) is 29.5 Å². The third-order valence-corrected chi connectivity index (χ3v) is 2.84. The first kappa shape index (κ1) is 11.0. The largest absolute Gasteiger partial charge is 0.396 e. The van der Waals surface area contributed by atoms with Gasteiger partial charge in [0.25, 0.3) is 0 Å². The molecule has 1 saturated heterocycles. The van der Waals surface area contributed by atoms with Crippen molar-refractivity contribution < 1.29 is 4.74 Å². The van der Waals surface area contributed by atoms with Gasteiger partial charge in [-0.3, -0.25) is 0 Å². The molecule has 1 fully saturated rings. The number of morpholine rings is 1. The normalized spacial score (nSPS) is 25.8. The Morgan fingerprint density at radius 3 is 2.81 bits per heavy atom. The quantitative estimate of drug-likeness (QED) is 0.737. The number of nitrogens with two attached hydrogens (primary N) is 2. The summed E-state index contributed by atoms with van der Waals surface area (Å²) in [6, 6.07) is 4.01. The summed E-state index contributed by atoms with van der Waals surface area (Å²) in [6.07, 6.45) is 0.219. The van der Waals surface area contributed by atoms with Crippen LogP contribution in [0.2, 0.25) is 0 Å². The first-order chi connectivity index (χ1) is 7.58. The Bertz CT molecular complexity index is 382. The number of nitrogens with zero attached hydrogens (tertiary/aromatic N) is 2. The summed E-state index contributed by atoms with van der Waals surface area (Å²) in [5.74, 6) is 1.26. The Kier molecular flexibility index (Phi) is 2.87. The van der Waals surface area contributed by atoms with Gasteiger partial charge in [-0.15, -0.1) is 0 Å². The van der Waals surface area contributed by atoms with Crippen LogP contribution in [-0.4, -0.2) is 30.3 Å². The van der Waals surface area contributed by atoms with E-state index in [0.29, 0.717) is 24.2 Å². The summed E-state index contributed by atoms with van der Waals surface area (Å²) in [5.41, 5.74) is 11.9. The fraction of sp³-hybridized carbons (Fsp3) is 0.545. The summed E-state index contributed by atoms with van der Waals surface area (Å²) in [6.45, 7) is 5.71. The average molecular weight is 222 g/mol. The molecule has 88 valence electrons. The van der Waals surface area contributed by atoms with Gasteiger partial charge in [0.05, 0.1) is 24.4 Å². The van der Waals surface area contributed by atoms with Crippen LogP contribution in [0.1, 0.15) is 13.8 Å². The number of nitrogen functional groups attached to an aromatic ring is 2. The van der Waals surface area contributed by atoms with Gasteiger partial charge in [0.1, 0.15) is 11.6 Å². The molecule has 0 spiro atoms. The molecule has 0 saturated carbocycles. The van der Waals surface area contributed by atoms with E-state index in [1.807, 2.05) is 6.07 Å². The number of hydrogen-bond acceptors (Lipinski definition) is 5. The van der Waals surface area contributed by atoms with Gasteiger partial charge in [-0.05, 0) is 26.0 Å². The fourth-order valence-corrected chi connectivity index (χ4v) is 1.86. The summed E-state index contributed by atoms with van der Waals surface area (Å²) in [7, 11) is 0. The number of pyridine rings is 1. The zero-order valence-corrected chi connectivity index (χ0v) is 9.68. The van der Waals surface area contributed by atoms with E-state index in [1.54, 1.807) is 6.07 Å². The lowest BCUT2D eigenvalue weighted by Crippen LogP contribution is -2.47. The molecule has 0 aliphatic carbocycles. The molecule has 0 aromatic carbocycles. The zero-order valence-electron chi connectivity index (χ0n) is 9.68. The summed E-state index contributed by atoms with van der Waals surface area (Å²) >= 11 is 0.